The van der Waals surface area contributed by atoms with Crippen LogP contribution in [0.5, 0.6) is 0 Å². The van der Waals surface area contributed by atoms with E-state index in [1.54, 1.807) is 0 Å². The van der Waals surface area contributed by atoms with Gasteiger partial charge < -0.3 is 0 Å². The van der Waals surface area contributed by atoms with E-state index in [9.17, 15) is 5.26 Å². The SMILES string of the molecule is CCC(C#N)(CCCN1[C@H](C)CCC[C@@H]1C)NC(C)C. The molecule has 0 aromatic heterocycles. The number of rotatable bonds is 7. The van der Waals surface area contributed by atoms with Gasteiger partial charge in [-0.05, 0) is 66.3 Å². The van der Waals surface area contributed by atoms with E-state index in [2.05, 4.69) is 50.9 Å². The highest BCUT2D eigenvalue weighted by atomic mass is 15.2. The molecule has 3 heteroatoms. The Kier molecular flexibility index (Phi) is 6.99. The first-order valence-electron chi connectivity index (χ1n) is 8.39. The maximum atomic E-state index is 9.54. The lowest BCUT2D eigenvalue weighted by Gasteiger charge is -2.39. The maximum absolute atomic E-state index is 9.54. The monoisotopic (exact) mass is 279 g/mol. The number of hydrogen-bond acceptors (Lipinski definition) is 3. The van der Waals surface area contributed by atoms with Gasteiger partial charge in [0.05, 0.1) is 6.07 Å². The molecule has 0 bridgehead atoms. The predicted octanol–water partition coefficient (Wildman–Crippen LogP) is 3.70. The predicted molar refractivity (Wildman–Crippen MR) is 85.6 cm³/mol. The van der Waals surface area contributed by atoms with Crippen molar-refractivity contribution in [3.63, 3.8) is 0 Å². The van der Waals surface area contributed by atoms with Gasteiger partial charge in [-0.2, -0.15) is 5.26 Å². The molecule has 1 rings (SSSR count). The standard InChI is InChI=1S/C17H33N3/c1-6-17(13-18,19-14(2)3)11-8-12-20-15(4)9-7-10-16(20)5/h14-16,19H,6-12H2,1-5H3/t15-,16+,17?. The van der Waals surface area contributed by atoms with Gasteiger partial charge in [0.2, 0.25) is 0 Å². The van der Waals surface area contributed by atoms with Crippen molar-refractivity contribution in [1.82, 2.24) is 10.2 Å². The van der Waals surface area contributed by atoms with Crippen LogP contribution in [0.2, 0.25) is 0 Å². The number of likely N-dealkylation sites (tertiary alicyclic amines) is 1. The minimum atomic E-state index is -0.337. The Morgan fingerprint density at radius 3 is 2.35 bits per heavy atom. The third-order valence-electron chi connectivity index (χ3n) is 4.78. The molecule has 20 heavy (non-hydrogen) atoms. The molecule has 1 N–H and O–H groups in total. The Balaban J connectivity index is 2.50. The average molecular weight is 279 g/mol. The van der Waals surface area contributed by atoms with Gasteiger partial charge in [0.25, 0.3) is 0 Å². The highest BCUT2D eigenvalue weighted by molar-refractivity contribution is 5.07. The molecule has 0 aromatic rings. The van der Waals surface area contributed by atoms with Crippen LogP contribution in [-0.2, 0) is 0 Å². The Hall–Kier alpha value is -0.590. The van der Waals surface area contributed by atoms with Crippen LogP contribution in [0, 0.1) is 11.3 Å². The molecule has 3 atom stereocenters. The lowest BCUT2D eigenvalue weighted by Crippen LogP contribution is -2.48. The van der Waals surface area contributed by atoms with Crippen molar-refractivity contribution in [2.24, 2.45) is 0 Å². The van der Waals surface area contributed by atoms with E-state index in [0.29, 0.717) is 18.1 Å². The van der Waals surface area contributed by atoms with E-state index in [1.165, 1.54) is 19.3 Å². The van der Waals surface area contributed by atoms with Gasteiger partial charge in [0.1, 0.15) is 5.54 Å². The van der Waals surface area contributed by atoms with E-state index in [-0.39, 0.29) is 5.54 Å². The zero-order chi connectivity index (χ0) is 15.2. The molecular weight excluding hydrogens is 246 g/mol. The first-order chi connectivity index (χ1) is 9.44. The van der Waals surface area contributed by atoms with Gasteiger partial charge in [-0.25, -0.2) is 0 Å². The van der Waals surface area contributed by atoms with Crippen LogP contribution in [0.1, 0.15) is 73.1 Å². The smallest absolute Gasteiger partial charge is 0.106 e. The highest BCUT2D eigenvalue weighted by Gasteiger charge is 2.29. The second-order valence-electron chi connectivity index (χ2n) is 6.82. The summed E-state index contributed by atoms with van der Waals surface area (Å²) in [5.41, 5.74) is -0.337. The summed E-state index contributed by atoms with van der Waals surface area (Å²) in [6.07, 6.45) is 6.96. The summed E-state index contributed by atoms with van der Waals surface area (Å²) in [5.74, 6) is 0. The van der Waals surface area contributed by atoms with Gasteiger partial charge in [0.15, 0.2) is 0 Å². The topological polar surface area (TPSA) is 39.1 Å². The normalized spacial score (nSPS) is 27.2. The van der Waals surface area contributed by atoms with Crippen LogP contribution < -0.4 is 5.32 Å². The van der Waals surface area contributed by atoms with Crippen molar-refractivity contribution >= 4 is 0 Å². The van der Waals surface area contributed by atoms with E-state index >= 15 is 0 Å². The third kappa shape index (κ3) is 4.75. The van der Waals surface area contributed by atoms with Gasteiger partial charge in [0, 0.05) is 18.1 Å². The Labute approximate surface area is 125 Å². The second-order valence-corrected chi connectivity index (χ2v) is 6.82. The number of nitrogens with one attached hydrogen (secondary N) is 1. The largest absolute Gasteiger partial charge is 0.298 e. The number of nitrogens with zero attached hydrogens (tertiary/aromatic N) is 2. The average Bonchev–Trinajstić information content (AvgIpc) is 2.40. The first kappa shape index (κ1) is 17.5. The lowest BCUT2D eigenvalue weighted by atomic mass is 9.90. The Bertz CT molecular complexity index is 311. The number of piperidine rings is 1. The fraction of sp³-hybridized carbons (Fsp3) is 0.941. The van der Waals surface area contributed by atoms with Gasteiger partial charge >= 0.3 is 0 Å². The lowest BCUT2D eigenvalue weighted by molar-refractivity contribution is 0.0985. The molecule has 0 spiro atoms. The second kappa shape index (κ2) is 8.00. The summed E-state index contributed by atoms with van der Waals surface area (Å²) in [6.45, 7) is 12.2. The fourth-order valence-corrected chi connectivity index (χ4v) is 3.55. The summed E-state index contributed by atoms with van der Waals surface area (Å²) in [6, 6.07) is 4.30. The van der Waals surface area contributed by atoms with E-state index in [0.717, 1.165) is 25.8 Å². The number of hydrogen-bond donors (Lipinski definition) is 1. The zero-order valence-corrected chi connectivity index (χ0v) is 14.1. The van der Waals surface area contributed by atoms with Crippen LogP contribution in [0.15, 0.2) is 0 Å². The first-order valence-corrected chi connectivity index (χ1v) is 8.39. The molecule has 1 aliphatic heterocycles. The summed E-state index contributed by atoms with van der Waals surface area (Å²) in [4.78, 5) is 2.64. The van der Waals surface area contributed by atoms with Crippen molar-refractivity contribution in [3.05, 3.63) is 0 Å². The quantitative estimate of drug-likeness (QED) is 0.772. The summed E-state index contributed by atoms with van der Waals surface area (Å²) >= 11 is 0. The van der Waals surface area contributed by atoms with Gasteiger partial charge in [-0.15, -0.1) is 0 Å². The maximum Gasteiger partial charge on any atom is 0.106 e. The Morgan fingerprint density at radius 1 is 1.30 bits per heavy atom. The summed E-state index contributed by atoms with van der Waals surface area (Å²) < 4.78 is 0. The van der Waals surface area contributed by atoms with Crippen molar-refractivity contribution in [1.29, 1.82) is 5.26 Å². The van der Waals surface area contributed by atoms with Crippen LogP contribution in [0.4, 0.5) is 0 Å². The van der Waals surface area contributed by atoms with Crippen molar-refractivity contribution in [2.45, 2.75) is 96.8 Å². The van der Waals surface area contributed by atoms with Crippen LogP contribution in [0.3, 0.4) is 0 Å². The molecule has 116 valence electrons. The summed E-state index contributed by atoms with van der Waals surface area (Å²) in [7, 11) is 0. The van der Waals surface area contributed by atoms with Crippen molar-refractivity contribution in [2.75, 3.05) is 6.54 Å². The molecule has 1 heterocycles. The van der Waals surface area contributed by atoms with Gasteiger partial charge in [-0.3, -0.25) is 10.2 Å². The molecule has 0 aliphatic carbocycles. The minimum absolute atomic E-state index is 0.337. The fourth-order valence-electron chi connectivity index (χ4n) is 3.55. The molecule has 0 amide bonds. The van der Waals surface area contributed by atoms with Crippen LogP contribution >= 0.6 is 0 Å². The molecule has 0 radical (unpaired) electrons. The number of nitriles is 1. The molecule has 1 aliphatic rings. The van der Waals surface area contributed by atoms with E-state index in [1.807, 2.05) is 0 Å². The van der Waals surface area contributed by atoms with Crippen LogP contribution in [-0.4, -0.2) is 35.1 Å². The molecule has 0 aromatic carbocycles. The third-order valence-corrected chi connectivity index (χ3v) is 4.78. The summed E-state index contributed by atoms with van der Waals surface area (Å²) in [5, 5.41) is 13.0. The molecule has 1 saturated heterocycles. The molecule has 1 unspecified atom stereocenters. The van der Waals surface area contributed by atoms with Crippen molar-refractivity contribution in [3.8, 4) is 6.07 Å². The van der Waals surface area contributed by atoms with E-state index < -0.39 is 0 Å². The Morgan fingerprint density at radius 2 is 1.90 bits per heavy atom. The van der Waals surface area contributed by atoms with Crippen molar-refractivity contribution < 1.29 is 0 Å². The molecule has 3 nitrogen and oxygen atoms in total. The highest BCUT2D eigenvalue weighted by Crippen LogP contribution is 2.24. The molecule has 1 fully saturated rings. The molecule has 0 saturated carbocycles. The molecular formula is C17H33N3. The van der Waals surface area contributed by atoms with Gasteiger partial charge in [-0.1, -0.05) is 13.3 Å². The van der Waals surface area contributed by atoms with E-state index in [4.69, 9.17) is 0 Å². The van der Waals surface area contributed by atoms with Crippen LogP contribution in [0.25, 0.3) is 0 Å². The zero-order valence-electron chi connectivity index (χ0n) is 14.1. The minimum Gasteiger partial charge on any atom is -0.298 e.